The number of carbonyl (C=O) groups excluding carboxylic acids is 1. The van der Waals surface area contributed by atoms with Crippen LogP contribution < -0.4 is 10.6 Å². The zero-order valence-electron chi connectivity index (χ0n) is 13.4. The van der Waals surface area contributed by atoms with Crippen molar-refractivity contribution in [2.75, 3.05) is 4.90 Å². The highest BCUT2D eigenvalue weighted by Gasteiger charge is 2.47. The van der Waals surface area contributed by atoms with Crippen LogP contribution in [0.25, 0.3) is 0 Å². The molecule has 0 bridgehead atoms. The summed E-state index contributed by atoms with van der Waals surface area (Å²) in [7, 11) is 0. The molecular formula is C18H22N2O4. The Morgan fingerprint density at radius 1 is 1.17 bits per heavy atom. The molecule has 1 aromatic carbocycles. The Bertz CT molecular complexity index is 675. The predicted molar refractivity (Wildman–Crippen MR) is 89.5 cm³/mol. The van der Waals surface area contributed by atoms with Crippen LogP contribution in [-0.2, 0) is 16.1 Å². The lowest BCUT2D eigenvalue weighted by Gasteiger charge is -2.34. The van der Waals surface area contributed by atoms with Gasteiger partial charge in [-0.05, 0) is 36.5 Å². The Balaban J connectivity index is 2.01. The number of aliphatic hydroxyl groups is 1. The third kappa shape index (κ3) is 2.78. The highest BCUT2D eigenvalue weighted by atomic mass is 16.4. The summed E-state index contributed by atoms with van der Waals surface area (Å²) < 4.78 is 0. The molecule has 3 rings (SSSR count). The molecule has 1 aromatic rings. The van der Waals surface area contributed by atoms with Crippen LogP contribution in [0.15, 0.2) is 35.6 Å². The van der Waals surface area contributed by atoms with E-state index < -0.39 is 23.7 Å². The minimum absolute atomic E-state index is 0.0487. The van der Waals surface area contributed by atoms with Gasteiger partial charge < -0.3 is 15.9 Å². The van der Waals surface area contributed by atoms with Crippen LogP contribution in [0.5, 0.6) is 0 Å². The fourth-order valence-corrected chi connectivity index (χ4v) is 3.82. The van der Waals surface area contributed by atoms with Crippen LogP contribution in [0.4, 0.5) is 5.69 Å². The molecule has 2 aliphatic rings. The molecule has 1 unspecified atom stereocenters. The molecule has 1 heterocycles. The summed E-state index contributed by atoms with van der Waals surface area (Å²) in [6.07, 6.45) is 4.88. The number of benzene rings is 1. The molecule has 1 amide bonds. The SMILES string of the molecule is NCc1ccc(N2C(=O)C(O)=C(C(=O)O)C2C2CCCCC2)cc1. The monoisotopic (exact) mass is 330 g/mol. The molecule has 1 fully saturated rings. The first-order valence-corrected chi connectivity index (χ1v) is 8.33. The van der Waals surface area contributed by atoms with E-state index in [9.17, 15) is 19.8 Å². The normalized spacial score (nSPS) is 22.3. The van der Waals surface area contributed by atoms with Crippen LogP contribution >= 0.6 is 0 Å². The molecule has 0 radical (unpaired) electrons. The predicted octanol–water partition coefficient (Wildman–Crippen LogP) is 2.34. The van der Waals surface area contributed by atoms with E-state index in [1.807, 2.05) is 12.1 Å². The zero-order chi connectivity index (χ0) is 17.3. The summed E-state index contributed by atoms with van der Waals surface area (Å²) >= 11 is 0. The summed E-state index contributed by atoms with van der Waals surface area (Å²) in [6, 6.07) is 6.54. The zero-order valence-corrected chi connectivity index (χ0v) is 13.4. The van der Waals surface area contributed by atoms with Gasteiger partial charge in [0.05, 0.1) is 6.04 Å². The highest BCUT2D eigenvalue weighted by molar-refractivity contribution is 6.14. The van der Waals surface area contributed by atoms with Gasteiger partial charge in [0.15, 0.2) is 5.76 Å². The third-order valence-corrected chi connectivity index (χ3v) is 5.03. The third-order valence-electron chi connectivity index (χ3n) is 5.03. The Hall–Kier alpha value is -2.34. The molecule has 128 valence electrons. The smallest absolute Gasteiger partial charge is 0.337 e. The molecule has 1 aliphatic carbocycles. The lowest BCUT2D eigenvalue weighted by molar-refractivity contribution is -0.133. The van der Waals surface area contributed by atoms with Gasteiger partial charge in [-0.25, -0.2) is 4.79 Å². The topological polar surface area (TPSA) is 104 Å². The average Bonchev–Trinajstić information content (AvgIpc) is 2.87. The summed E-state index contributed by atoms with van der Waals surface area (Å²) in [4.78, 5) is 25.7. The number of carboxylic acids is 1. The summed E-state index contributed by atoms with van der Waals surface area (Å²) in [5, 5.41) is 19.7. The molecule has 1 atom stereocenters. The summed E-state index contributed by atoms with van der Waals surface area (Å²) in [5.74, 6) is -2.45. The number of nitrogens with zero attached hydrogens (tertiary/aromatic N) is 1. The molecule has 0 saturated heterocycles. The van der Waals surface area contributed by atoms with Gasteiger partial charge in [-0.3, -0.25) is 9.69 Å². The van der Waals surface area contributed by atoms with E-state index in [1.165, 1.54) is 4.90 Å². The number of carbonyl (C=O) groups is 2. The Labute approximate surface area is 140 Å². The maximum absolute atomic E-state index is 12.6. The van der Waals surface area contributed by atoms with Crippen molar-refractivity contribution in [1.82, 2.24) is 0 Å². The molecule has 6 heteroatoms. The van der Waals surface area contributed by atoms with E-state index in [-0.39, 0.29) is 11.5 Å². The van der Waals surface area contributed by atoms with Crippen LogP contribution in [0.3, 0.4) is 0 Å². The lowest BCUT2D eigenvalue weighted by Crippen LogP contribution is -2.42. The van der Waals surface area contributed by atoms with Crippen molar-refractivity contribution in [3.63, 3.8) is 0 Å². The Kier molecular flexibility index (Phi) is 4.57. The first kappa shape index (κ1) is 16.5. The second kappa shape index (κ2) is 6.65. The molecular weight excluding hydrogens is 308 g/mol. The van der Waals surface area contributed by atoms with Gasteiger partial charge in [0.25, 0.3) is 5.91 Å². The molecule has 24 heavy (non-hydrogen) atoms. The van der Waals surface area contributed by atoms with E-state index in [0.717, 1.165) is 37.7 Å². The Morgan fingerprint density at radius 2 is 1.79 bits per heavy atom. The van der Waals surface area contributed by atoms with Crippen molar-refractivity contribution in [1.29, 1.82) is 0 Å². The highest BCUT2D eigenvalue weighted by Crippen LogP contribution is 2.40. The van der Waals surface area contributed by atoms with Crippen molar-refractivity contribution in [2.24, 2.45) is 11.7 Å². The van der Waals surface area contributed by atoms with Crippen molar-refractivity contribution in [3.8, 4) is 0 Å². The summed E-state index contributed by atoms with van der Waals surface area (Å²) in [6.45, 7) is 0.393. The van der Waals surface area contributed by atoms with Crippen LogP contribution in [-0.4, -0.2) is 28.1 Å². The Morgan fingerprint density at radius 3 is 2.33 bits per heavy atom. The number of amides is 1. The maximum Gasteiger partial charge on any atom is 0.337 e. The summed E-state index contributed by atoms with van der Waals surface area (Å²) in [5.41, 5.74) is 6.95. The number of rotatable bonds is 4. The first-order chi connectivity index (χ1) is 11.5. The van der Waals surface area contributed by atoms with E-state index in [1.54, 1.807) is 12.1 Å². The van der Waals surface area contributed by atoms with Gasteiger partial charge in [0.2, 0.25) is 0 Å². The van der Waals surface area contributed by atoms with Gasteiger partial charge in [0, 0.05) is 12.2 Å². The van der Waals surface area contributed by atoms with Crippen LogP contribution in [0.2, 0.25) is 0 Å². The molecule has 0 aromatic heterocycles. The van der Waals surface area contributed by atoms with Gasteiger partial charge in [-0.2, -0.15) is 0 Å². The molecule has 1 saturated carbocycles. The lowest BCUT2D eigenvalue weighted by atomic mass is 9.81. The first-order valence-electron chi connectivity index (χ1n) is 8.33. The van der Waals surface area contributed by atoms with Gasteiger partial charge in [-0.15, -0.1) is 0 Å². The van der Waals surface area contributed by atoms with Crippen molar-refractivity contribution < 1.29 is 19.8 Å². The quantitative estimate of drug-likeness (QED) is 0.786. The number of hydrogen-bond donors (Lipinski definition) is 3. The second-order valence-electron chi connectivity index (χ2n) is 6.46. The van der Waals surface area contributed by atoms with Crippen LogP contribution in [0.1, 0.15) is 37.7 Å². The fraction of sp³-hybridized carbons (Fsp3) is 0.444. The average molecular weight is 330 g/mol. The van der Waals surface area contributed by atoms with Crippen molar-refractivity contribution in [3.05, 3.63) is 41.2 Å². The number of hydrogen-bond acceptors (Lipinski definition) is 4. The van der Waals surface area contributed by atoms with E-state index in [0.29, 0.717) is 12.2 Å². The standard InChI is InChI=1S/C18H22N2O4/c19-10-11-6-8-13(9-7-11)20-15(12-4-2-1-3-5-12)14(18(23)24)16(21)17(20)22/h6-9,12,15,21H,1-5,10,19H2,(H,23,24). The number of aliphatic carboxylic acids is 1. The van der Waals surface area contributed by atoms with E-state index >= 15 is 0 Å². The van der Waals surface area contributed by atoms with Gasteiger partial charge >= 0.3 is 5.97 Å². The minimum atomic E-state index is -1.22. The molecule has 6 nitrogen and oxygen atoms in total. The van der Waals surface area contributed by atoms with Crippen molar-refractivity contribution in [2.45, 2.75) is 44.7 Å². The molecule has 1 aliphatic heterocycles. The molecule has 4 N–H and O–H groups in total. The number of anilines is 1. The maximum atomic E-state index is 12.6. The van der Waals surface area contributed by atoms with Gasteiger partial charge in [0.1, 0.15) is 5.57 Å². The largest absolute Gasteiger partial charge is 0.503 e. The van der Waals surface area contributed by atoms with Gasteiger partial charge in [-0.1, -0.05) is 31.4 Å². The fourth-order valence-electron chi connectivity index (χ4n) is 3.82. The van der Waals surface area contributed by atoms with E-state index in [4.69, 9.17) is 5.73 Å². The molecule has 0 spiro atoms. The van der Waals surface area contributed by atoms with E-state index in [2.05, 4.69) is 0 Å². The number of aliphatic hydroxyl groups excluding tert-OH is 1. The second-order valence-corrected chi connectivity index (χ2v) is 6.46. The van der Waals surface area contributed by atoms with Crippen LogP contribution in [0, 0.1) is 5.92 Å². The van der Waals surface area contributed by atoms with Crippen molar-refractivity contribution >= 4 is 17.6 Å². The minimum Gasteiger partial charge on any atom is -0.503 e. The number of nitrogens with two attached hydrogens (primary N) is 1. The number of carboxylic acid groups (broad SMARTS) is 1.